The van der Waals surface area contributed by atoms with E-state index >= 15 is 0 Å². The molecule has 0 aliphatic heterocycles. The molecule has 0 saturated heterocycles. The van der Waals surface area contributed by atoms with Crippen LogP contribution >= 0.6 is 15.9 Å². The Balaban J connectivity index is 2.33. The first-order valence-corrected chi connectivity index (χ1v) is 5.69. The molecular weight excluding hydrogens is 264 g/mol. The minimum atomic E-state index is -2.44. The van der Waals surface area contributed by atoms with E-state index in [4.69, 9.17) is 5.73 Å². The Morgan fingerprint density at radius 1 is 1.33 bits per heavy atom. The lowest BCUT2D eigenvalue weighted by molar-refractivity contribution is 0.150. The standard InChI is InChI=1S/C11H12BrF2N/c12-9-6-7(11(15)4-1-5-11)2-3-8(9)10(13)14/h2-3,6,10H,1,4-5,15H2. The second-order valence-corrected chi connectivity index (χ2v) is 4.90. The van der Waals surface area contributed by atoms with E-state index in [0.717, 1.165) is 24.8 Å². The van der Waals surface area contributed by atoms with Crippen LogP contribution in [-0.2, 0) is 5.54 Å². The molecule has 1 nitrogen and oxygen atoms in total. The van der Waals surface area contributed by atoms with Gasteiger partial charge in [-0.3, -0.25) is 0 Å². The van der Waals surface area contributed by atoms with E-state index in [1.807, 2.05) is 0 Å². The summed E-state index contributed by atoms with van der Waals surface area (Å²) < 4.78 is 25.4. The maximum Gasteiger partial charge on any atom is 0.264 e. The molecule has 0 unspecified atom stereocenters. The van der Waals surface area contributed by atoms with Crippen molar-refractivity contribution in [2.24, 2.45) is 5.73 Å². The van der Waals surface area contributed by atoms with Gasteiger partial charge in [0.05, 0.1) is 0 Å². The van der Waals surface area contributed by atoms with Crippen molar-refractivity contribution in [3.63, 3.8) is 0 Å². The van der Waals surface area contributed by atoms with Crippen LogP contribution in [0.15, 0.2) is 22.7 Å². The molecule has 0 atom stereocenters. The summed E-state index contributed by atoms with van der Waals surface area (Å²) in [5.41, 5.74) is 6.80. The highest BCUT2D eigenvalue weighted by Gasteiger charge is 2.34. The van der Waals surface area contributed by atoms with E-state index in [9.17, 15) is 8.78 Å². The van der Waals surface area contributed by atoms with Gasteiger partial charge in [-0.25, -0.2) is 8.78 Å². The van der Waals surface area contributed by atoms with Crippen LogP contribution in [0.4, 0.5) is 8.78 Å². The molecule has 1 fully saturated rings. The van der Waals surface area contributed by atoms with Crippen LogP contribution in [0.25, 0.3) is 0 Å². The van der Waals surface area contributed by atoms with Gasteiger partial charge in [0.1, 0.15) is 0 Å². The molecule has 2 N–H and O–H groups in total. The van der Waals surface area contributed by atoms with Gasteiger partial charge in [0.15, 0.2) is 0 Å². The monoisotopic (exact) mass is 275 g/mol. The van der Waals surface area contributed by atoms with Crippen molar-refractivity contribution in [2.45, 2.75) is 31.2 Å². The molecule has 4 heteroatoms. The van der Waals surface area contributed by atoms with Gasteiger partial charge in [0.2, 0.25) is 0 Å². The summed E-state index contributed by atoms with van der Waals surface area (Å²) >= 11 is 3.16. The molecule has 0 heterocycles. The third-order valence-electron chi connectivity index (χ3n) is 3.06. The minimum absolute atomic E-state index is 0.0293. The van der Waals surface area contributed by atoms with E-state index in [1.165, 1.54) is 6.07 Å². The van der Waals surface area contributed by atoms with Gasteiger partial charge in [-0.2, -0.15) is 0 Å². The van der Waals surface area contributed by atoms with Crippen molar-refractivity contribution in [1.82, 2.24) is 0 Å². The van der Waals surface area contributed by atoms with E-state index in [1.54, 1.807) is 12.1 Å². The zero-order chi connectivity index (χ0) is 11.1. The average molecular weight is 276 g/mol. The van der Waals surface area contributed by atoms with Crippen molar-refractivity contribution < 1.29 is 8.78 Å². The van der Waals surface area contributed by atoms with Gasteiger partial charge in [0.25, 0.3) is 6.43 Å². The lowest BCUT2D eigenvalue weighted by atomic mass is 9.73. The predicted octanol–water partition coefficient (Wildman–Crippen LogP) is 3.72. The predicted molar refractivity (Wildman–Crippen MR) is 58.8 cm³/mol. The molecule has 0 radical (unpaired) electrons. The largest absolute Gasteiger partial charge is 0.321 e. The molecule has 1 aromatic rings. The fraction of sp³-hybridized carbons (Fsp3) is 0.455. The number of alkyl halides is 2. The second kappa shape index (κ2) is 3.83. The maximum atomic E-state index is 12.5. The number of hydrogen-bond acceptors (Lipinski definition) is 1. The highest BCUT2D eigenvalue weighted by atomic mass is 79.9. The number of halogens is 3. The summed E-state index contributed by atoms with van der Waals surface area (Å²) in [5.74, 6) is 0. The van der Waals surface area contributed by atoms with E-state index in [-0.39, 0.29) is 11.1 Å². The normalized spacial score (nSPS) is 19.0. The molecule has 1 aliphatic rings. The van der Waals surface area contributed by atoms with Crippen LogP contribution in [-0.4, -0.2) is 0 Å². The zero-order valence-electron chi connectivity index (χ0n) is 8.14. The topological polar surface area (TPSA) is 26.0 Å². The third-order valence-corrected chi connectivity index (χ3v) is 3.74. The Hall–Kier alpha value is -0.480. The maximum absolute atomic E-state index is 12.5. The highest BCUT2D eigenvalue weighted by molar-refractivity contribution is 9.10. The van der Waals surface area contributed by atoms with Gasteiger partial charge in [-0.15, -0.1) is 0 Å². The molecule has 0 bridgehead atoms. The molecule has 1 saturated carbocycles. The molecule has 15 heavy (non-hydrogen) atoms. The van der Waals surface area contributed by atoms with Gasteiger partial charge in [-0.05, 0) is 30.9 Å². The van der Waals surface area contributed by atoms with Gasteiger partial charge >= 0.3 is 0 Å². The van der Waals surface area contributed by atoms with Gasteiger partial charge < -0.3 is 5.73 Å². The van der Waals surface area contributed by atoms with Crippen molar-refractivity contribution in [1.29, 1.82) is 0 Å². The number of nitrogens with two attached hydrogens (primary N) is 1. The van der Waals surface area contributed by atoms with Gasteiger partial charge in [0, 0.05) is 15.6 Å². The minimum Gasteiger partial charge on any atom is -0.321 e. The first-order valence-electron chi connectivity index (χ1n) is 4.90. The van der Waals surface area contributed by atoms with E-state index < -0.39 is 6.43 Å². The first-order chi connectivity index (χ1) is 7.03. The zero-order valence-corrected chi connectivity index (χ0v) is 9.73. The molecule has 0 aromatic heterocycles. The summed E-state index contributed by atoms with van der Waals surface area (Å²) in [4.78, 5) is 0. The summed E-state index contributed by atoms with van der Waals surface area (Å²) in [7, 11) is 0. The SMILES string of the molecule is NC1(c2ccc(C(F)F)c(Br)c2)CCC1. The molecule has 2 rings (SSSR count). The molecule has 1 aromatic carbocycles. The van der Waals surface area contributed by atoms with Crippen LogP contribution in [0.2, 0.25) is 0 Å². The van der Waals surface area contributed by atoms with Crippen molar-refractivity contribution in [2.75, 3.05) is 0 Å². The molecule has 0 spiro atoms. The average Bonchev–Trinajstić information content (AvgIpc) is 2.13. The Kier molecular flexibility index (Phi) is 2.81. The fourth-order valence-electron chi connectivity index (χ4n) is 1.86. The first kappa shape index (κ1) is 11.0. The van der Waals surface area contributed by atoms with Gasteiger partial charge in [-0.1, -0.05) is 28.1 Å². The molecule has 82 valence electrons. The lowest BCUT2D eigenvalue weighted by Gasteiger charge is -2.38. The number of hydrogen-bond donors (Lipinski definition) is 1. The summed E-state index contributed by atoms with van der Waals surface area (Å²) in [6.45, 7) is 0. The van der Waals surface area contributed by atoms with E-state index in [2.05, 4.69) is 15.9 Å². The van der Waals surface area contributed by atoms with Crippen molar-refractivity contribution >= 4 is 15.9 Å². The van der Waals surface area contributed by atoms with Crippen LogP contribution in [0.1, 0.15) is 36.8 Å². The summed E-state index contributed by atoms with van der Waals surface area (Å²) in [5, 5.41) is 0. The fourth-order valence-corrected chi connectivity index (χ4v) is 2.41. The Morgan fingerprint density at radius 3 is 2.40 bits per heavy atom. The summed E-state index contributed by atoms with van der Waals surface area (Å²) in [6.07, 6.45) is 0.551. The Bertz CT molecular complexity index is 375. The smallest absolute Gasteiger partial charge is 0.264 e. The quantitative estimate of drug-likeness (QED) is 0.875. The van der Waals surface area contributed by atoms with Crippen LogP contribution in [0.5, 0.6) is 0 Å². The van der Waals surface area contributed by atoms with E-state index in [0.29, 0.717) is 4.47 Å². The Labute approximate surface area is 95.8 Å². The lowest BCUT2D eigenvalue weighted by Crippen LogP contribution is -2.43. The number of benzene rings is 1. The highest BCUT2D eigenvalue weighted by Crippen LogP contribution is 2.40. The summed E-state index contributed by atoms with van der Waals surface area (Å²) in [6, 6.07) is 4.89. The molecule has 0 amide bonds. The number of rotatable bonds is 2. The Morgan fingerprint density at radius 2 is 2.00 bits per heavy atom. The van der Waals surface area contributed by atoms with Crippen molar-refractivity contribution in [3.05, 3.63) is 33.8 Å². The second-order valence-electron chi connectivity index (χ2n) is 4.05. The van der Waals surface area contributed by atoms with Crippen molar-refractivity contribution in [3.8, 4) is 0 Å². The van der Waals surface area contributed by atoms with Crippen LogP contribution in [0.3, 0.4) is 0 Å². The third kappa shape index (κ3) is 1.93. The van der Waals surface area contributed by atoms with Crippen LogP contribution < -0.4 is 5.73 Å². The molecular formula is C11H12BrF2N. The van der Waals surface area contributed by atoms with Crippen LogP contribution in [0, 0.1) is 0 Å². The molecule has 1 aliphatic carbocycles.